The van der Waals surface area contributed by atoms with Crippen LogP contribution >= 0.6 is 0 Å². The molecule has 1 aromatic carbocycles. The van der Waals surface area contributed by atoms with E-state index in [0.29, 0.717) is 16.9 Å². The summed E-state index contributed by atoms with van der Waals surface area (Å²) in [5.74, 6) is 0.582. The minimum absolute atomic E-state index is 0.00434. The van der Waals surface area contributed by atoms with Crippen LogP contribution in [0.2, 0.25) is 0 Å². The van der Waals surface area contributed by atoms with Crippen LogP contribution in [-0.4, -0.2) is 22.7 Å². The van der Waals surface area contributed by atoms with Crippen molar-refractivity contribution < 1.29 is 14.6 Å². The quantitative estimate of drug-likeness (QED) is 0.874. The fraction of sp³-hybridized carbons (Fsp3) is 0.579. The average Bonchev–Trinajstić information content (AvgIpc) is 2.58. The number of carbonyl (C=O) groups is 1. The summed E-state index contributed by atoms with van der Waals surface area (Å²) >= 11 is 0. The van der Waals surface area contributed by atoms with Crippen molar-refractivity contribution in [2.75, 3.05) is 0 Å². The van der Waals surface area contributed by atoms with E-state index < -0.39 is 17.7 Å². The third kappa shape index (κ3) is 3.11. The topological polar surface area (TPSA) is 82.3 Å². The molecule has 1 heterocycles. The second-order valence-corrected chi connectivity index (χ2v) is 7.34. The molecule has 1 aromatic rings. The van der Waals surface area contributed by atoms with Gasteiger partial charge in [0.1, 0.15) is 17.5 Å². The molecule has 0 spiro atoms. The van der Waals surface area contributed by atoms with Crippen LogP contribution in [0, 0.1) is 17.2 Å². The Morgan fingerprint density at radius 3 is 2.71 bits per heavy atom. The number of nitrogens with one attached hydrogen (secondary N) is 1. The van der Waals surface area contributed by atoms with Gasteiger partial charge in [0.05, 0.1) is 17.7 Å². The molecule has 0 unspecified atom stereocenters. The maximum atomic E-state index is 12.6. The molecule has 0 aromatic heterocycles. The Morgan fingerprint density at radius 2 is 2.04 bits per heavy atom. The first-order chi connectivity index (χ1) is 11.4. The SMILES string of the molecule is CC1(C)Oc2ccc(C#N)cc2[C@H](O)[C@H]1NC(=O)C1CCCCC1. The summed E-state index contributed by atoms with van der Waals surface area (Å²) in [5, 5.41) is 22.9. The van der Waals surface area contributed by atoms with E-state index in [9.17, 15) is 9.90 Å². The Morgan fingerprint density at radius 1 is 1.33 bits per heavy atom. The number of aliphatic hydroxyl groups is 1. The van der Waals surface area contributed by atoms with Crippen molar-refractivity contribution in [1.29, 1.82) is 5.26 Å². The molecule has 24 heavy (non-hydrogen) atoms. The van der Waals surface area contributed by atoms with Crippen molar-refractivity contribution in [2.45, 2.75) is 63.7 Å². The van der Waals surface area contributed by atoms with Crippen molar-refractivity contribution in [3.8, 4) is 11.8 Å². The molecule has 5 nitrogen and oxygen atoms in total. The third-order valence-electron chi connectivity index (χ3n) is 5.17. The van der Waals surface area contributed by atoms with Crippen LogP contribution in [0.25, 0.3) is 0 Å². The minimum atomic E-state index is -0.899. The molecule has 0 radical (unpaired) electrons. The highest BCUT2D eigenvalue weighted by Gasteiger charge is 2.44. The minimum Gasteiger partial charge on any atom is -0.485 e. The van der Waals surface area contributed by atoms with Gasteiger partial charge in [-0.15, -0.1) is 0 Å². The van der Waals surface area contributed by atoms with Gasteiger partial charge in [0.2, 0.25) is 5.91 Å². The Balaban J connectivity index is 1.83. The number of amides is 1. The molecular weight excluding hydrogens is 304 g/mol. The zero-order valence-electron chi connectivity index (χ0n) is 14.2. The van der Waals surface area contributed by atoms with E-state index in [0.717, 1.165) is 25.7 Å². The molecule has 1 saturated carbocycles. The first-order valence-corrected chi connectivity index (χ1v) is 8.64. The molecule has 2 atom stereocenters. The van der Waals surface area contributed by atoms with Crippen molar-refractivity contribution >= 4 is 5.91 Å². The first-order valence-electron chi connectivity index (χ1n) is 8.64. The van der Waals surface area contributed by atoms with E-state index in [4.69, 9.17) is 10.00 Å². The molecule has 0 saturated heterocycles. The van der Waals surface area contributed by atoms with Crippen molar-refractivity contribution in [3.05, 3.63) is 29.3 Å². The molecule has 1 fully saturated rings. The Labute approximate surface area is 142 Å². The predicted octanol–water partition coefficient (Wildman–Crippen LogP) is 2.83. The Kier molecular flexibility index (Phi) is 4.51. The highest BCUT2D eigenvalue weighted by atomic mass is 16.5. The van der Waals surface area contributed by atoms with Gasteiger partial charge in [-0.05, 0) is 44.9 Å². The molecule has 128 valence electrons. The van der Waals surface area contributed by atoms with Gasteiger partial charge in [-0.2, -0.15) is 5.26 Å². The van der Waals surface area contributed by atoms with Crippen molar-refractivity contribution in [3.63, 3.8) is 0 Å². The molecule has 2 aliphatic rings. The molecular formula is C19H24N2O3. The van der Waals surface area contributed by atoms with E-state index in [2.05, 4.69) is 11.4 Å². The molecule has 1 aliphatic carbocycles. The van der Waals surface area contributed by atoms with Crippen LogP contribution in [0.1, 0.15) is 63.2 Å². The normalized spacial score (nSPS) is 25.9. The van der Waals surface area contributed by atoms with Gasteiger partial charge in [0.15, 0.2) is 0 Å². The standard InChI is InChI=1S/C19H24N2O3/c1-19(2)17(21-18(23)13-6-4-3-5-7-13)16(22)14-10-12(11-20)8-9-15(14)24-19/h8-10,13,16-17,22H,3-7H2,1-2H3,(H,21,23)/t16-,17+/m0/s1. The number of hydrogen-bond acceptors (Lipinski definition) is 4. The Bertz CT molecular complexity index is 672. The van der Waals surface area contributed by atoms with Crippen molar-refractivity contribution in [1.82, 2.24) is 5.32 Å². The molecule has 2 N–H and O–H groups in total. The van der Waals surface area contributed by atoms with E-state index in [-0.39, 0.29) is 11.8 Å². The number of rotatable bonds is 2. The van der Waals surface area contributed by atoms with E-state index >= 15 is 0 Å². The van der Waals surface area contributed by atoms with E-state index in [1.165, 1.54) is 6.42 Å². The number of fused-ring (bicyclic) bond motifs is 1. The van der Waals surface area contributed by atoms with E-state index in [1.54, 1.807) is 18.2 Å². The van der Waals surface area contributed by atoms with Gasteiger partial charge < -0.3 is 15.2 Å². The monoisotopic (exact) mass is 328 g/mol. The summed E-state index contributed by atoms with van der Waals surface area (Å²) in [6.07, 6.45) is 4.27. The zero-order chi connectivity index (χ0) is 17.3. The second-order valence-electron chi connectivity index (χ2n) is 7.34. The first kappa shape index (κ1) is 16.8. The van der Waals surface area contributed by atoms with Gasteiger partial charge in [-0.3, -0.25) is 4.79 Å². The summed E-state index contributed by atoms with van der Waals surface area (Å²) in [6.45, 7) is 3.73. The van der Waals surface area contributed by atoms with Crippen LogP contribution in [0.5, 0.6) is 5.75 Å². The van der Waals surface area contributed by atoms with Crippen LogP contribution in [-0.2, 0) is 4.79 Å². The smallest absolute Gasteiger partial charge is 0.223 e. The summed E-state index contributed by atoms with van der Waals surface area (Å²) < 4.78 is 6.01. The highest BCUT2D eigenvalue weighted by Crippen LogP contribution is 2.40. The summed E-state index contributed by atoms with van der Waals surface area (Å²) in [5.41, 5.74) is 0.293. The van der Waals surface area contributed by atoms with Crippen LogP contribution in [0.15, 0.2) is 18.2 Å². The van der Waals surface area contributed by atoms with Gasteiger partial charge in [-0.25, -0.2) is 0 Å². The summed E-state index contributed by atoms with van der Waals surface area (Å²) in [7, 11) is 0. The van der Waals surface area contributed by atoms with Crippen molar-refractivity contribution in [2.24, 2.45) is 5.92 Å². The second kappa shape index (κ2) is 6.45. The average molecular weight is 328 g/mol. The molecule has 0 bridgehead atoms. The van der Waals surface area contributed by atoms with E-state index in [1.807, 2.05) is 13.8 Å². The molecule has 1 amide bonds. The maximum absolute atomic E-state index is 12.6. The zero-order valence-corrected chi connectivity index (χ0v) is 14.2. The fourth-order valence-corrected chi connectivity index (χ4v) is 3.74. The number of nitrogens with zero attached hydrogens (tertiary/aromatic N) is 1. The maximum Gasteiger partial charge on any atom is 0.223 e. The van der Waals surface area contributed by atoms with Gasteiger partial charge >= 0.3 is 0 Å². The lowest BCUT2D eigenvalue weighted by molar-refractivity contribution is -0.131. The summed E-state index contributed by atoms with van der Waals surface area (Å²) in [6, 6.07) is 6.53. The summed E-state index contributed by atoms with van der Waals surface area (Å²) in [4.78, 5) is 12.6. The number of ether oxygens (including phenoxy) is 1. The predicted molar refractivity (Wildman–Crippen MR) is 89.3 cm³/mol. The molecule has 3 rings (SSSR count). The number of carbonyl (C=O) groups excluding carboxylic acids is 1. The lowest BCUT2D eigenvalue weighted by Gasteiger charge is -2.43. The third-order valence-corrected chi connectivity index (χ3v) is 5.17. The Hall–Kier alpha value is -2.06. The molecule has 1 aliphatic heterocycles. The number of benzene rings is 1. The highest BCUT2D eigenvalue weighted by molar-refractivity contribution is 5.79. The van der Waals surface area contributed by atoms with Crippen LogP contribution in [0.4, 0.5) is 0 Å². The number of aliphatic hydroxyl groups excluding tert-OH is 1. The van der Waals surface area contributed by atoms with Gasteiger partial charge in [-0.1, -0.05) is 19.3 Å². The largest absolute Gasteiger partial charge is 0.485 e. The lowest BCUT2D eigenvalue weighted by atomic mass is 9.84. The van der Waals surface area contributed by atoms with Gasteiger partial charge in [0, 0.05) is 11.5 Å². The van der Waals surface area contributed by atoms with Crippen LogP contribution in [0.3, 0.4) is 0 Å². The number of nitriles is 1. The number of hydrogen-bond donors (Lipinski definition) is 2. The van der Waals surface area contributed by atoms with Gasteiger partial charge in [0.25, 0.3) is 0 Å². The fourth-order valence-electron chi connectivity index (χ4n) is 3.74. The van der Waals surface area contributed by atoms with Crippen LogP contribution < -0.4 is 10.1 Å². The molecule has 5 heteroatoms. The lowest BCUT2D eigenvalue weighted by Crippen LogP contribution is -2.58.